The van der Waals surface area contributed by atoms with Crippen molar-refractivity contribution in [1.82, 2.24) is 10.2 Å². The number of rotatable bonds is 11. The summed E-state index contributed by atoms with van der Waals surface area (Å²) in [4.78, 5) is 28.4. The highest BCUT2D eigenvalue weighted by atomic mass is 35.5. The molecule has 1 fully saturated rings. The highest BCUT2D eigenvalue weighted by molar-refractivity contribution is 6.31. The molecular formula is C27H34Cl2N2O4. The molecule has 0 saturated heterocycles. The van der Waals surface area contributed by atoms with Crippen molar-refractivity contribution in [2.45, 2.75) is 64.1 Å². The van der Waals surface area contributed by atoms with E-state index in [0.717, 1.165) is 37.7 Å². The average Bonchev–Trinajstić information content (AvgIpc) is 2.88. The Hall–Kier alpha value is -2.44. The van der Waals surface area contributed by atoms with Gasteiger partial charge in [0.05, 0.1) is 13.7 Å². The predicted octanol–water partition coefficient (Wildman–Crippen LogP) is 5.90. The van der Waals surface area contributed by atoms with E-state index in [1.54, 1.807) is 31.4 Å². The second kappa shape index (κ2) is 13.6. The van der Waals surface area contributed by atoms with Crippen LogP contribution in [0.5, 0.6) is 11.5 Å². The van der Waals surface area contributed by atoms with E-state index < -0.39 is 6.04 Å². The molecule has 2 aromatic rings. The van der Waals surface area contributed by atoms with Crippen molar-refractivity contribution in [2.24, 2.45) is 0 Å². The quantitative estimate of drug-likeness (QED) is 0.374. The van der Waals surface area contributed by atoms with Gasteiger partial charge in [-0.05, 0) is 48.6 Å². The van der Waals surface area contributed by atoms with E-state index in [2.05, 4.69) is 5.32 Å². The molecule has 2 amide bonds. The van der Waals surface area contributed by atoms with Crippen molar-refractivity contribution in [2.75, 3.05) is 19.6 Å². The third-order valence-electron chi connectivity index (χ3n) is 6.21. The lowest BCUT2D eigenvalue weighted by molar-refractivity contribution is -0.140. The van der Waals surface area contributed by atoms with Crippen molar-refractivity contribution in [3.05, 3.63) is 58.6 Å². The molecule has 190 valence electrons. The van der Waals surface area contributed by atoms with Crippen LogP contribution in [0.2, 0.25) is 5.02 Å². The third kappa shape index (κ3) is 7.28. The van der Waals surface area contributed by atoms with Gasteiger partial charge in [0.25, 0.3) is 0 Å². The van der Waals surface area contributed by atoms with Crippen molar-refractivity contribution < 1.29 is 19.1 Å². The van der Waals surface area contributed by atoms with Gasteiger partial charge in [0.2, 0.25) is 11.8 Å². The molecule has 1 N–H and O–H groups in total. The molecule has 2 aromatic carbocycles. The summed E-state index contributed by atoms with van der Waals surface area (Å²) in [7, 11) is 1.56. The molecule has 35 heavy (non-hydrogen) atoms. The molecule has 1 aliphatic rings. The SMILES string of the molecule is CCCOc1ccc([C@@H](C(=O)NC2CCCCC2)N(Cc2ccccc2Cl)C(=O)CCl)cc1OC. The minimum atomic E-state index is -0.909. The first-order valence-electron chi connectivity index (χ1n) is 12.2. The van der Waals surface area contributed by atoms with E-state index >= 15 is 0 Å². The second-order valence-corrected chi connectivity index (χ2v) is 9.43. The molecule has 0 aromatic heterocycles. The summed E-state index contributed by atoms with van der Waals surface area (Å²) in [5.74, 6) is 0.229. The maximum Gasteiger partial charge on any atom is 0.247 e. The van der Waals surface area contributed by atoms with Gasteiger partial charge >= 0.3 is 0 Å². The summed E-state index contributed by atoms with van der Waals surface area (Å²) in [6, 6.07) is 11.8. The van der Waals surface area contributed by atoms with Gasteiger partial charge in [0.1, 0.15) is 11.9 Å². The summed E-state index contributed by atoms with van der Waals surface area (Å²) in [6.07, 6.45) is 6.05. The number of alkyl halides is 1. The van der Waals surface area contributed by atoms with Gasteiger partial charge in [0.15, 0.2) is 11.5 Å². The van der Waals surface area contributed by atoms with Crippen LogP contribution >= 0.6 is 23.2 Å². The third-order valence-corrected chi connectivity index (χ3v) is 6.81. The highest BCUT2D eigenvalue weighted by Gasteiger charge is 2.33. The van der Waals surface area contributed by atoms with Gasteiger partial charge in [-0.15, -0.1) is 11.6 Å². The standard InChI is InChI=1S/C27H34Cl2N2O4/c1-3-15-35-23-14-13-19(16-24(23)34-2)26(27(33)30-21-10-5-4-6-11-21)31(25(32)17-28)18-20-9-7-8-12-22(20)29/h7-9,12-14,16,21,26H,3-6,10-11,15,17-18H2,1-2H3,(H,30,33)/t26-/m0/s1. The fourth-order valence-corrected chi connectivity index (χ4v) is 4.74. The number of carbonyl (C=O) groups is 2. The van der Waals surface area contributed by atoms with Gasteiger partial charge in [0, 0.05) is 17.6 Å². The van der Waals surface area contributed by atoms with Crippen molar-refractivity contribution in [3.8, 4) is 11.5 Å². The molecular weight excluding hydrogens is 487 g/mol. The smallest absolute Gasteiger partial charge is 0.247 e. The lowest BCUT2D eigenvalue weighted by atomic mass is 9.94. The minimum absolute atomic E-state index is 0.0843. The van der Waals surface area contributed by atoms with Crippen molar-refractivity contribution in [3.63, 3.8) is 0 Å². The first-order valence-corrected chi connectivity index (χ1v) is 13.1. The normalized spacial score (nSPS) is 14.7. The summed E-state index contributed by atoms with van der Waals surface area (Å²) < 4.78 is 11.3. The summed E-state index contributed by atoms with van der Waals surface area (Å²) in [5, 5.41) is 3.70. The van der Waals surface area contributed by atoms with Crippen molar-refractivity contribution >= 4 is 35.0 Å². The molecule has 0 unspecified atom stereocenters. The Kier molecular flexibility index (Phi) is 10.5. The molecule has 0 radical (unpaired) electrons. The number of hydrogen-bond acceptors (Lipinski definition) is 4. The number of methoxy groups -OCH3 is 1. The Labute approximate surface area is 217 Å². The Morgan fingerprint density at radius 3 is 2.51 bits per heavy atom. The van der Waals surface area contributed by atoms with Crippen LogP contribution in [0.4, 0.5) is 0 Å². The van der Waals surface area contributed by atoms with Crippen molar-refractivity contribution in [1.29, 1.82) is 0 Å². The van der Waals surface area contributed by atoms with Gasteiger partial charge in [-0.2, -0.15) is 0 Å². The zero-order chi connectivity index (χ0) is 25.2. The first kappa shape index (κ1) is 27.2. The molecule has 3 rings (SSSR count). The van der Waals surface area contributed by atoms with E-state index in [-0.39, 0.29) is 30.3 Å². The van der Waals surface area contributed by atoms with E-state index in [1.165, 1.54) is 11.3 Å². The van der Waals surface area contributed by atoms with Crippen LogP contribution < -0.4 is 14.8 Å². The number of halogens is 2. The fraction of sp³-hybridized carbons (Fsp3) is 0.481. The average molecular weight is 521 g/mol. The number of carbonyl (C=O) groups excluding carboxylic acids is 2. The van der Waals surface area contributed by atoms with Crippen LogP contribution in [0.25, 0.3) is 0 Å². The van der Waals surface area contributed by atoms with Crippen LogP contribution in [-0.2, 0) is 16.1 Å². The highest BCUT2D eigenvalue weighted by Crippen LogP contribution is 2.34. The Morgan fingerprint density at radius 2 is 1.86 bits per heavy atom. The number of nitrogens with one attached hydrogen (secondary N) is 1. The second-order valence-electron chi connectivity index (χ2n) is 8.75. The van der Waals surface area contributed by atoms with Crippen LogP contribution in [-0.4, -0.2) is 42.4 Å². The molecule has 0 aliphatic heterocycles. The lowest BCUT2D eigenvalue weighted by Crippen LogP contribution is -2.47. The van der Waals surface area contributed by atoms with E-state index in [4.69, 9.17) is 32.7 Å². The number of hydrogen-bond donors (Lipinski definition) is 1. The maximum absolute atomic E-state index is 13.8. The summed E-state index contributed by atoms with van der Waals surface area (Å²) in [6.45, 7) is 2.71. The maximum atomic E-state index is 13.8. The lowest BCUT2D eigenvalue weighted by Gasteiger charge is -2.33. The first-order chi connectivity index (χ1) is 17.0. The molecule has 6 nitrogen and oxygen atoms in total. The Bertz CT molecular complexity index is 995. The largest absolute Gasteiger partial charge is 0.493 e. The van der Waals surface area contributed by atoms with E-state index in [1.807, 2.05) is 25.1 Å². The minimum Gasteiger partial charge on any atom is -0.493 e. The molecule has 8 heteroatoms. The van der Waals surface area contributed by atoms with Gasteiger partial charge in [-0.3, -0.25) is 9.59 Å². The Morgan fingerprint density at radius 1 is 1.11 bits per heavy atom. The van der Waals surface area contributed by atoms with E-state index in [9.17, 15) is 9.59 Å². The molecule has 1 atom stereocenters. The monoisotopic (exact) mass is 520 g/mol. The molecule has 0 bridgehead atoms. The van der Waals surface area contributed by atoms with Crippen LogP contribution in [0.15, 0.2) is 42.5 Å². The van der Waals surface area contributed by atoms with Gasteiger partial charge < -0.3 is 19.7 Å². The number of amides is 2. The molecule has 0 spiro atoms. The topological polar surface area (TPSA) is 67.9 Å². The predicted molar refractivity (Wildman–Crippen MR) is 139 cm³/mol. The zero-order valence-electron chi connectivity index (χ0n) is 20.4. The van der Waals surface area contributed by atoms with Crippen LogP contribution in [0, 0.1) is 0 Å². The number of nitrogens with zero attached hydrogens (tertiary/aromatic N) is 1. The zero-order valence-corrected chi connectivity index (χ0v) is 21.9. The van der Waals surface area contributed by atoms with Crippen LogP contribution in [0.3, 0.4) is 0 Å². The number of benzene rings is 2. The summed E-state index contributed by atoms with van der Waals surface area (Å²) >= 11 is 12.4. The Balaban J connectivity index is 2.02. The van der Waals surface area contributed by atoms with Gasteiger partial charge in [-0.25, -0.2) is 0 Å². The van der Waals surface area contributed by atoms with E-state index in [0.29, 0.717) is 28.7 Å². The summed E-state index contributed by atoms with van der Waals surface area (Å²) in [5.41, 5.74) is 1.35. The van der Waals surface area contributed by atoms with Gasteiger partial charge in [-0.1, -0.05) is 62.1 Å². The fourth-order valence-electron chi connectivity index (χ4n) is 4.40. The number of ether oxygens (including phenoxy) is 2. The molecule has 0 heterocycles. The van der Waals surface area contributed by atoms with Crippen LogP contribution in [0.1, 0.15) is 62.6 Å². The molecule has 1 aliphatic carbocycles. The molecule has 1 saturated carbocycles.